The van der Waals surface area contributed by atoms with Gasteiger partial charge < -0.3 is 4.90 Å². The smallest absolute Gasteiger partial charge is 0.340 e. The maximum Gasteiger partial charge on any atom is 0.340 e. The Morgan fingerprint density at radius 1 is 1.40 bits per heavy atom. The number of nitriles is 1. The number of anilines is 1. The summed E-state index contributed by atoms with van der Waals surface area (Å²) in [7, 11) is 0. The summed E-state index contributed by atoms with van der Waals surface area (Å²) in [5.41, 5.74) is 0.0894. The van der Waals surface area contributed by atoms with E-state index in [2.05, 4.69) is 25.1 Å². The third-order valence-corrected chi connectivity index (χ3v) is 3.48. The molecule has 1 atom stereocenters. The Hall–Kier alpha value is -2.62. The van der Waals surface area contributed by atoms with Crippen molar-refractivity contribution in [1.29, 1.82) is 5.26 Å². The van der Waals surface area contributed by atoms with E-state index < -0.39 is 0 Å². The fourth-order valence-corrected chi connectivity index (χ4v) is 2.58. The van der Waals surface area contributed by atoms with Crippen LogP contribution < -0.4 is 10.6 Å². The van der Waals surface area contributed by atoms with Crippen LogP contribution in [0.4, 0.5) is 5.82 Å². The van der Waals surface area contributed by atoms with Gasteiger partial charge in [0.05, 0.1) is 6.04 Å². The molecule has 0 aromatic carbocycles. The lowest BCUT2D eigenvalue weighted by atomic mass is 10.0. The van der Waals surface area contributed by atoms with Crippen molar-refractivity contribution in [3.8, 4) is 6.07 Å². The van der Waals surface area contributed by atoms with Crippen LogP contribution in [0.3, 0.4) is 0 Å². The Balaban J connectivity index is 1.96. The topological polar surface area (TPSA) is 101 Å². The predicted octanol–water partition coefficient (Wildman–Crippen LogP) is 1.10. The maximum absolute atomic E-state index is 11.2. The Morgan fingerprint density at radius 3 is 3.05 bits per heavy atom. The molecule has 1 fully saturated rings. The first kappa shape index (κ1) is 12.4. The van der Waals surface area contributed by atoms with Gasteiger partial charge in [0, 0.05) is 6.54 Å². The van der Waals surface area contributed by atoms with Gasteiger partial charge in [-0.1, -0.05) is 6.07 Å². The highest BCUT2D eigenvalue weighted by Crippen LogP contribution is 2.31. The van der Waals surface area contributed by atoms with Gasteiger partial charge in [0.2, 0.25) is 0 Å². The minimum absolute atomic E-state index is 0.0101. The van der Waals surface area contributed by atoms with Crippen LogP contribution in [0, 0.1) is 11.3 Å². The summed E-state index contributed by atoms with van der Waals surface area (Å²) >= 11 is 0. The highest BCUT2D eigenvalue weighted by molar-refractivity contribution is 5.43. The zero-order valence-electron chi connectivity index (χ0n) is 10.8. The number of nitrogens with one attached hydrogen (secondary N) is 2. The molecule has 3 heterocycles. The molecule has 7 nitrogen and oxygen atoms in total. The predicted molar refractivity (Wildman–Crippen MR) is 72.1 cm³/mol. The number of aromatic nitrogens is 4. The highest BCUT2D eigenvalue weighted by atomic mass is 16.1. The first-order valence-corrected chi connectivity index (χ1v) is 6.56. The first-order chi connectivity index (χ1) is 9.78. The molecule has 2 aromatic rings. The van der Waals surface area contributed by atoms with Crippen molar-refractivity contribution in [3.63, 3.8) is 0 Å². The van der Waals surface area contributed by atoms with Gasteiger partial charge in [0.25, 0.3) is 0 Å². The van der Waals surface area contributed by atoms with Crippen LogP contribution in [0.2, 0.25) is 0 Å². The van der Waals surface area contributed by atoms with Crippen LogP contribution in [0.25, 0.3) is 0 Å². The quantitative estimate of drug-likeness (QED) is 0.850. The second-order valence-corrected chi connectivity index (χ2v) is 4.76. The van der Waals surface area contributed by atoms with Crippen LogP contribution in [-0.2, 0) is 0 Å². The molecule has 102 valence electrons. The third kappa shape index (κ3) is 2.28. The molecule has 3 rings (SSSR count). The van der Waals surface area contributed by atoms with Crippen molar-refractivity contribution in [3.05, 3.63) is 40.2 Å². The van der Waals surface area contributed by atoms with Crippen LogP contribution in [0.15, 0.2) is 23.0 Å². The summed E-state index contributed by atoms with van der Waals surface area (Å²) < 4.78 is 0. The molecule has 0 radical (unpaired) electrons. The van der Waals surface area contributed by atoms with E-state index in [1.54, 1.807) is 6.07 Å². The highest BCUT2D eigenvalue weighted by Gasteiger charge is 2.27. The van der Waals surface area contributed by atoms with E-state index >= 15 is 0 Å². The number of piperidine rings is 1. The van der Waals surface area contributed by atoms with Crippen LogP contribution in [0.5, 0.6) is 0 Å². The Bertz CT molecular complexity index is 697. The number of hydrogen-bond donors (Lipinski definition) is 2. The van der Waals surface area contributed by atoms with Crippen molar-refractivity contribution in [2.75, 3.05) is 11.4 Å². The van der Waals surface area contributed by atoms with Crippen LogP contribution in [0.1, 0.15) is 36.8 Å². The molecule has 20 heavy (non-hydrogen) atoms. The molecule has 1 unspecified atom stereocenters. The number of nitrogens with zero attached hydrogens (tertiary/aromatic N) is 4. The van der Waals surface area contributed by atoms with Gasteiger partial charge in [-0.25, -0.2) is 14.9 Å². The summed E-state index contributed by atoms with van der Waals surface area (Å²) in [4.78, 5) is 20.4. The van der Waals surface area contributed by atoms with Crippen molar-refractivity contribution in [1.82, 2.24) is 20.2 Å². The SMILES string of the molecule is N#Cc1cccc(N2CCCCC2c2n[nH]c(=O)[nH]2)n1. The van der Waals surface area contributed by atoms with Gasteiger partial charge in [-0.15, -0.1) is 0 Å². The lowest BCUT2D eigenvalue weighted by Crippen LogP contribution is -2.34. The van der Waals surface area contributed by atoms with E-state index in [4.69, 9.17) is 5.26 Å². The normalized spacial score (nSPS) is 18.8. The van der Waals surface area contributed by atoms with Gasteiger partial charge in [0.1, 0.15) is 17.6 Å². The van der Waals surface area contributed by atoms with Gasteiger partial charge in [-0.3, -0.25) is 4.98 Å². The molecule has 2 aromatic heterocycles. The minimum atomic E-state index is -0.302. The molecule has 0 saturated carbocycles. The monoisotopic (exact) mass is 270 g/mol. The Labute approximate surface area is 115 Å². The summed E-state index contributed by atoms with van der Waals surface area (Å²) in [6.07, 6.45) is 3.04. The molecule has 0 amide bonds. The van der Waals surface area contributed by atoms with E-state index in [9.17, 15) is 4.79 Å². The number of aromatic amines is 2. The zero-order valence-corrected chi connectivity index (χ0v) is 10.8. The fourth-order valence-electron chi connectivity index (χ4n) is 2.58. The molecule has 7 heteroatoms. The Kier molecular flexibility index (Phi) is 3.21. The second kappa shape index (κ2) is 5.17. The number of pyridine rings is 1. The van der Waals surface area contributed by atoms with E-state index in [0.717, 1.165) is 31.6 Å². The number of rotatable bonds is 2. The summed E-state index contributed by atoms with van der Waals surface area (Å²) in [5.74, 6) is 1.37. The Morgan fingerprint density at radius 2 is 2.30 bits per heavy atom. The van der Waals surface area contributed by atoms with Gasteiger partial charge >= 0.3 is 5.69 Å². The summed E-state index contributed by atoms with van der Waals surface area (Å²) in [6.45, 7) is 0.835. The van der Waals surface area contributed by atoms with E-state index in [1.165, 1.54) is 0 Å². The molecule has 0 bridgehead atoms. The molecular weight excluding hydrogens is 256 g/mol. The molecule has 2 N–H and O–H groups in total. The largest absolute Gasteiger partial charge is 0.346 e. The standard InChI is InChI=1S/C13H14N6O/c14-8-9-4-3-6-11(15-9)19-7-2-1-5-10(19)12-16-13(20)18-17-12/h3-4,6,10H,1-2,5,7H2,(H2,16,17,18,20). The van der Waals surface area contributed by atoms with Gasteiger partial charge in [0.15, 0.2) is 5.82 Å². The molecule has 0 spiro atoms. The van der Waals surface area contributed by atoms with Gasteiger partial charge in [-0.05, 0) is 31.4 Å². The van der Waals surface area contributed by atoms with Crippen molar-refractivity contribution in [2.24, 2.45) is 0 Å². The maximum atomic E-state index is 11.2. The minimum Gasteiger partial charge on any atom is -0.346 e. The number of H-pyrrole nitrogens is 2. The molecule has 1 aliphatic rings. The second-order valence-electron chi connectivity index (χ2n) is 4.76. The van der Waals surface area contributed by atoms with Gasteiger partial charge in [-0.2, -0.15) is 10.4 Å². The average molecular weight is 270 g/mol. The lowest BCUT2D eigenvalue weighted by molar-refractivity contribution is 0.454. The summed E-state index contributed by atoms with van der Waals surface area (Å²) in [5, 5.41) is 15.4. The van der Waals surface area contributed by atoms with E-state index in [-0.39, 0.29) is 11.7 Å². The molecular formula is C13H14N6O. The van der Waals surface area contributed by atoms with Crippen molar-refractivity contribution >= 4 is 5.82 Å². The molecule has 1 saturated heterocycles. The van der Waals surface area contributed by atoms with Crippen LogP contribution >= 0.6 is 0 Å². The van der Waals surface area contributed by atoms with Crippen molar-refractivity contribution in [2.45, 2.75) is 25.3 Å². The summed E-state index contributed by atoms with van der Waals surface area (Å²) in [6, 6.07) is 7.42. The van der Waals surface area contributed by atoms with E-state index in [0.29, 0.717) is 11.5 Å². The number of hydrogen-bond acceptors (Lipinski definition) is 5. The van der Waals surface area contributed by atoms with E-state index in [1.807, 2.05) is 18.2 Å². The third-order valence-electron chi connectivity index (χ3n) is 3.48. The molecule has 1 aliphatic heterocycles. The molecule has 0 aliphatic carbocycles. The average Bonchev–Trinajstić information content (AvgIpc) is 2.94. The van der Waals surface area contributed by atoms with Crippen molar-refractivity contribution < 1.29 is 0 Å². The first-order valence-electron chi connectivity index (χ1n) is 6.56. The zero-order chi connectivity index (χ0) is 13.9. The lowest BCUT2D eigenvalue weighted by Gasteiger charge is -2.35. The fraction of sp³-hybridized carbons (Fsp3) is 0.385. The van der Waals surface area contributed by atoms with Crippen LogP contribution in [-0.4, -0.2) is 26.7 Å².